The number of nitrogens with one attached hydrogen (secondary N) is 1. The number of alkyl halides is 3. The number of amides is 2. The Hall–Kier alpha value is -2.36. The molecule has 7 nitrogen and oxygen atoms in total. The summed E-state index contributed by atoms with van der Waals surface area (Å²) < 4.78 is 36.9. The van der Waals surface area contributed by atoms with Crippen molar-refractivity contribution in [2.75, 3.05) is 25.0 Å². The van der Waals surface area contributed by atoms with E-state index in [1.807, 2.05) is 0 Å². The molecule has 0 atom stereocenters. The quantitative estimate of drug-likeness (QED) is 0.757. The average molecular weight is 307 g/mol. The number of hydrogen-bond donors (Lipinski definition) is 3. The van der Waals surface area contributed by atoms with Gasteiger partial charge in [-0.2, -0.15) is 13.2 Å². The van der Waals surface area contributed by atoms with Crippen molar-refractivity contribution < 1.29 is 33.0 Å². The molecule has 0 aliphatic carbocycles. The molecule has 1 rings (SSSR count). The number of aliphatic hydroxyl groups is 1. The van der Waals surface area contributed by atoms with Crippen LogP contribution in [-0.2, 0) is 0 Å². The van der Waals surface area contributed by atoms with E-state index in [0.29, 0.717) is 4.90 Å². The largest absolute Gasteiger partial charge is 0.477 e. The third-order valence-electron chi connectivity index (χ3n) is 2.26. The van der Waals surface area contributed by atoms with Gasteiger partial charge in [0.25, 0.3) is 0 Å². The lowest BCUT2D eigenvalue weighted by molar-refractivity contribution is -0.140. The van der Waals surface area contributed by atoms with Crippen molar-refractivity contribution in [3.8, 4) is 0 Å². The molecule has 3 N–H and O–H groups in total. The van der Waals surface area contributed by atoms with Crippen molar-refractivity contribution in [1.29, 1.82) is 0 Å². The number of anilines is 1. The fourth-order valence-corrected chi connectivity index (χ4v) is 1.39. The number of carbonyl (C=O) groups is 2. The maximum Gasteiger partial charge on any atom is 0.406 e. The van der Waals surface area contributed by atoms with E-state index in [1.165, 1.54) is 6.07 Å². The Kier molecular flexibility index (Phi) is 5.47. The normalized spacial score (nSPS) is 11.0. The molecule has 1 heterocycles. The Morgan fingerprint density at radius 2 is 2.00 bits per heavy atom. The first-order valence-electron chi connectivity index (χ1n) is 5.66. The Bertz CT molecular complexity index is 504. The Morgan fingerprint density at radius 1 is 1.33 bits per heavy atom. The lowest BCUT2D eigenvalue weighted by Crippen LogP contribution is -2.43. The molecule has 0 aliphatic rings. The zero-order valence-electron chi connectivity index (χ0n) is 10.6. The molecule has 10 heteroatoms. The number of aromatic nitrogens is 1. The minimum atomic E-state index is -4.60. The smallest absolute Gasteiger partial charge is 0.406 e. The van der Waals surface area contributed by atoms with Crippen LogP contribution in [0.3, 0.4) is 0 Å². The maximum absolute atomic E-state index is 12.3. The Labute approximate surface area is 117 Å². The number of urea groups is 1. The maximum atomic E-state index is 12.3. The second-order valence-electron chi connectivity index (χ2n) is 3.93. The first-order chi connectivity index (χ1) is 9.73. The number of halogens is 3. The minimum Gasteiger partial charge on any atom is -0.477 e. The molecule has 0 fully saturated rings. The minimum absolute atomic E-state index is 0.0371. The molecule has 0 saturated heterocycles. The van der Waals surface area contributed by atoms with Gasteiger partial charge in [-0.05, 0) is 12.1 Å². The summed E-state index contributed by atoms with van der Waals surface area (Å²) in [6.07, 6.45) is -3.59. The highest BCUT2D eigenvalue weighted by atomic mass is 19.4. The van der Waals surface area contributed by atoms with Crippen molar-refractivity contribution in [3.05, 3.63) is 24.0 Å². The molecule has 2 amide bonds. The number of carboxylic acid groups (broad SMARTS) is 1. The van der Waals surface area contributed by atoms with Gasteiger partial charge >= 0.3 is 18.2 Å². The van der Waals surface area contributed by atoms with Crippen LogP contribution in [0.2, 0.25) is 0 Å². The zero-order valence-corrected chi connectivity index (χ0v) is 10.6. The van der Waals surface area contributed by atoms with E-state index in [2.05, 4.69) is 10.3 Å². The van der Waals surface area contributed by atoms with Gasteiger partial charge in [0.15, 0.2) is 0 Å². The molecule has 0 aromatic carbocycles. The number of carboxylic acids is 1. The predicted octanol–water partition coefficient (Wildman–Crippen LogP) is 1.17. The molecule has 0 unspecified atom stereocenters. The molecule has 1 aromatic rings. The number of aliphatic hydroxyl groups excluding tert-OH is 1. The molecule has 0 saturated carbocycles. The third kappa shape index (κ3) is 5.65. The molecule has 0 radical (unpaired) electrons. The van der Waals surface area contributed by atoms with Gasteiger partial charge in [-0.1, -0.05) is 0 Å². The molecular weight excluding hydrogens is 295 g/mol. The van der Waals surface area contributed by atoms with Crippen molar-refractivity contribution in [2.24, 2.45) is 0 Å². The Balaban J connectivity index is 2.74. The van der Waals surface area contributed by atoms with Crippen LogP contribution in [-0.4, -0.2) is 58.0 Å². The molecule has 21 heavy (non-hydrogen) atoms. The van der Waals surface area contributed by atoms with Gasteiger partial charge in [0, 0.05) is 6.54 Å². The summed E-state index contributed by atoms with van der Waals surface area (Å²) in [6.45, 7) is -2.63. The second-order valence-corrected chi connectivity index (χ2v) is 3.93. The lowest BCUT2D eigenvalue weighted by Gasteiger charge is -2.23. The van der Waals surface area contributed by atoms with Crippen LogP contribution in [0.1, 0.15) is 10.5 Å². The standard InChI is InChI=1S/C11H12F3N3O4/c12-11(13,14)6-17(3-4-18)10(21)16-7-1-2-8(9(19)20)15-5-7/h1-2,5,18H,3-4,6H2,(H,16,21)(H,19,20). The van der Waals surface area contributed by atoms with Crippen molar-refractivity contribution >= 4 is 17.7 Å². The van der Waals surface area contributed by atoms with Crippen LogP contribution < -0.4 is 5.32 Å². The van der Waals surface area contributed by atoms with Gasteiger partial charge in [0.05, 0.1) is 18.5 Å². The SMILES string of the molecule is O=C(O)c1ccc(NC(=O)N(CCO)CC(F)(F)F)cn1. The van der Waals surface area contributed by atoms with E-state index in [4.69, 9.17) is 10.2 Å². The van der Waals surface area contributed by atoms with Gasteiger partial charge in [-0.25, -0.2) is 14.6 Å². The van der Waals surface area contributed by atoms with Gasteiger partial charge in [0.1, 0.15) is 12.2 Å². The number of carbonyl (C=O) groups excluding carboxylic acids is 1. The van der Waals surface area contributed by atoms with E-state index < -0.39 is 37.9 Å². The highest BCUT2D eigenvalue weighted by molar-refractivity contribution is 5.90. The number of pyridine rings is 1. The summed E-state index contributed by atoms with van der Waals surface area (Å²) in [7, 11) is 0. The van der Waals surface area contributed by atoms with Gasteiger partial charge < -0.3 is 20.4 Å². The van der Waals surface area contributed by atoms with Crippen LogP contribution in [0.4, 0.5) is 23.7 Å². The lowest BCUT2D eigenvalue weighted by atomic mass is 10.3. The average Bonchev–Trinajstić information content (AvgIpc) is 2.37. The molecular formula is C11H12F3N3O4. The van der Waals surface area contributed by atoms with Crippen LogP contribution in [0.15, 0.2) is 18.3 Å². The van der Waals surface area contributed by atoms with Gasteiger partial charge in [0.2, 0.25) is 0 Å². The van der Waals surface area contributed by atoms with Crippen LogP contribution in [0.5, 0.6) is 0 Å². The summed E-state index contributed by atoms with van der Waals surface area (Å²) in [5.41, 5.74) is -0.231. The summed E-state index contributed by atoms with van der Waals surface area (Å²) in [5.74, 6) is -1.27. The fourth-order valence-electron chi connectivity index (χ4n) is 1.39. The number of aromatic carboxylic acids is 1. The van der Waals surface area contributed by atoms with E-state index >= 15 is 0 Å². The molecule has 0 aliphatic heterocycles. The summed E-state index contributed by atoms with van der Waals surface area (Å²) in [6, 6.07) is 1.21. The van der Waals surface area contributed by atoms with Crippen molar-refractivity contribution in [3.63, 3.8) is 0 Å². The van der Waals surface area contributed by atoms with Crippen LogP contribution >= 0.6 is 0 Å². The first-order valence-corrected chi connectivity index (χ1v) is 5.66. The fraction of sp³-hybridized carbons (Fsp3) is 0.364. The third-order valence-corrected chi connectivity index (χ3v) is 2.26. The van der Waals surface area contributed by atoms with Crippen molar-refractivity contribution in [2.45, 2.75) is 6.18 Å². The number of rotatable bonds is 5. The van der Waals surface area contributed by atoms with E-state index in [9.17, 15) is 22.8 Å². The van der Waals surface area contributed by atoms with Crippen LogP contribution in [0, 0.1) is 0 Å². The summed E-state index contributed by atoms with van der Waals surface area (Å²) in [4.78, 5) is 26.1. The highest BCUT2D eigenvalue weighted by Crippen LogP contribution is 2.17. The van der Waals surface area contributed by atoms with Gasteiger partial charge in [-0.15, -0.1) is 0 Å². The van der Waals surface area contributed by atoms with E-state index in [1.54, 1.807) is 0 Å². The zero-order chi connectivity index (χ0) is 16.0. The Morgan fingerprint density at radius 3 is 2.43 bits per heavy atom. The predicted molar refractivity (Wildman–Crippen MR) is 64.9 cm³/mol. The monoisotopic (exact) mass is 307 g/mol. The topological polar surface area (TPSA) is 103 Å². The molecule has 116 valence electrons. The van der Waals surface area contributed by atoms with Crippen LogP contribution in [0.25, 0.3) is 0 Å². The molecule has 0 spiro atoms. The van der Waals surface area contributed by atoms with Gasteiger partial charge in [-0.3, -0.25) is 0 Å². The highest BCUT2D eigenvalue weighted by Gasteiger charge is 2.32. The summed E-state index contributed by atoms with van der Waals surface area (Å²) in [5, 5.41) is 19.4. The van der Waals surface area contributed by atoms with E-state index in [0.717, 1.165) is 12.3 Å². The molecule has 0 bridgehead atoms. The van der Waals surface area contributed by atoms with Crippen molar-refractivity contribution in [1.82, 2.24) is 9.88 Å². The first kappa shape index (κ1) is 16.7. The number of hydrogen-bond acceptors (Lipinski definition) is 4. The number of nitrogens with zero attached hydrogens (tertiary/aromatic N) is 2. The summed E-state index contributed by atoms with van der Waals surface area (Å²) >= 11 is 0. The second kappa shape index (κ2) is 6.88. The molecule has 1 aromatic heterocycles. The van der Waals surface area contributed by atoms with E-state index in [-0.39, 0.29) is 11.4 Å².